The van der Waals surface area contributed by atoms with Crippen LogP contribution in [0, 0.1) is 5.41 Å². The summed E-state index contributed by atoms with van der Waals surface area (Å²) in [5.74, 6) is -0.898. The van der Waals surface area contributed by atoms with Crippen LogP contribution < -0.4 is 10.2 Å². The van der Waals surface area contributed by atoms with Gasteiger partial charge in [0.15, 0.2) is 0 Å². The van der Waals surface area contributed by atoms with E-state index < -0.39 is 6.61 Å². The minimum Gasteiger partial charge on any atom is -0.507 e. The fraction of sp³-hybridized carbons (Fsp3) is 0.294. The molecule has 1 aromatic rings. The lowest BCUT2D eigenvalue weighted by Crippen LogP contribution is -2.45. The Kier molecular flexibility index (Phi) is 6.00. The highest BCUT2D eigenvalue weighted by atomic mass is 35.5. The molecule has 1 aromatic carbocycles. The summed E-state index contributed by atoms with van der Waals surface area (Å²) in [6.45, 7) is 3.77. The standard InChI is InChI=1S/C17H20ClN3O3/c1-11(10-22)15(23)9-16(19)20-17(24)14-3-2-8-21(14)13-6-4-12(18)5-7-13/h4-7,9,14,22-23H,1-3,8,10H2,(H2,19,20,24)/b15-9-/t14-/m0/s1. The Morgan fingerprint density at radius 3 is 2.75 bits per heavy atom. The van der Waals surface area contributed by atoms with Crippen LogP contribution in [0.15, 0.2) is 48.3 Å². The number of aliphatic hydroxyl groups is 2. The van der Waals surface area contributed by atoms with E-state index in [9.17, 15) is 9.90 Å². The summed E-state index contributed by atoms with van der Waals surface area (Å²) in [6.07, 6.45) is 2.61. The number of carbonyl (C=O) groups excluding carboxylic acids is 1. The van der Waals surface area contributed by atoms with E-state index in [0.29, 0.717) is 11.4 Å². The van der Waals surface area contributed by atoms with E-state index in [1.165, 1.54) is 0 Å². The summed E-state index contributed by atoms with van der Waals surface area (Å²) in [5, 5.41) is 29.3. The van der Waals surface area contributed by atoms with Gasteiger partial charge in [0.2, 0.25) is 5.91 Å². The van der Waals surface area contributed by atoms with Crippen molar-refractivity contribution in [2.45, 2.75) is 18.9 Å². The number of rotatable bonds is 5. The molecule has 0 aliphatic carbocycles. The SMILES string of the molecule is C=C(CO)/C(O)=C/C(=N)NC(=O)[C@@H]1CCCN1c1ccc(Cl)cc1. The monoisotopic (exact) mass is 349 g/mol. The Morgan fingerprint density at radius 2 is 2.12 bits per heavy atom. The number of benzene rings is 1. The highest BCUT2D eigenvalue weighted by Gasteiger charge is 2.31. The molecule has 1 saturated heterocycles. The van der Waals surface area contributed by atoms with Crippen molar-refractivity contribution in [3.05, 3.63) is 53.3 Å². The van der Waals surface area contributed by atoms with Gasteiger partial charge in [-0.25, -0.2) is 0 Å². The van der Waals surface area contributed by atoms with Crippen LogP contribution >= 0.6 is 11.6 Å². The van der Waals surface area contributed by atoms with Crippen molar-refractivity contribution < 1.29 is 15.0 Å². The maximum Gasteiger partial charge on any atom is 0.248 e. The molecular formula is C17H20ClN3O3. The second-order valence-electron chi connectivity index (χ2n) is 5.52. The Balaban J connectivity index is 2.04. The zero-order valence-electron chi connectivity index (χ0n) is 13.1. The molecule has 7 heteroatoms. The van der Waals surface area contributed by atoms with E-state index in [-0.39, 0.29) is 29.1 Å². The van der Waals surface area contributed by atoms with Crippen LogP contribution in [0.25, 0.3) is 0 Å². The molecule has 0 saturated carbocycles. The van der Waals surface area contributed by atoms with Crippen molar-refractivity contribution in [3.63, 3.8) is 0 Å². The first kappa shape index (κ1) is 18.0. The lowest BCUT2D eigenvalue weighted by atomic mass is 10.2. The van der Waals surface area contributed by atoms with Crippen molar-refractivity contribution in [2.24, 2.45) is 0 Å². The molecule has 0 aromatic heterocycles. The predicted octanol–water partition coefficient (Wildman–Crippen LogP) is 2.39. The average molecular weight is 350 g/mol. The quantitative estimate of drug-likeness (QED) is 0.284. The van der Waals surface area contributed by atoms with Gasteiger partial charge in [-0.05, 0) is 37.1 Å². The number of amides is 1. The summed E-state index contributed by atoms with van der Waals surface area (Å²) >= 11 is 5.89. The molecule has 4 N–H and O–H groups in total. The third-order valence-electron chi connectivity index (χ3n) is 3.81. The van der Waals surface area contributed by atoms with E-state index in [1.807, 2.05) is 17.0 Å². The van der Waals surface area contributed by atoms with Crippen molar-refractivity contribution >= 4 is 29.0 Å². The van der Waals surface area contributed by atoms with Crippen LogP contribution in [0.5, 0.6) is 0 Å². The number of hydrogen-bond donors (Lipinski definition) is 4. The number of halogens is 1. The molecule has 24 heavy (non-hydrogen) atoms. The van der Waals surface area contributed by atoms with Crippen LogP contribution in [0.1, 0.15) is 12.8 Å². The Bertz CT molecular complexity index is 670. The van der Waals surface area contributed by atoms with Crippen molar-refractivity contribution in [1.82, 2.24) is 5.32 Å². The number of carbonyl (C=O) groups is 1. The van der Waals surface area contributed by atoms with Crippen molar-refractivity contribution in [1.29, 1.82) is 5.41 Å². The van der Waals surface area contributed by atoms with Crippen LogP contribution in [0.3, 0.4) is 0 Å². The summed E-state index contributed by atoms with van der Waals surface area (Å²) in [5.41, 5.74) is 0.980. The van der Waals surface area contributed by atoms with Gasteiger partial charge in [-0.3, -0.25) is 10.2 Å². The third kappa shape index (κ3) is 4.37. The van der Waals surface area contributed by atoms with E-state index in [1.54, 1.807) is 12.1 Å². The zero-order chi connectivity index (χ0) is 17.7. The van der Waals surface area contributed by atoms with Crippen LogP contribution in [0.2, 0.25) is 5.02 Å². The molecule has 1 heterocycles. The largest absolute Gasteiger partial charge is 0.507 e. The second-order valence-corrected chi connectivity index (χ2v) is 5.96. The highest BCUT2D eigenvalue weighted by molar-refractivity contribution is 6.30. The first-order chi connectivity index (χ1) is 11.4. The van der Waals surface area contributed by atoms with Gasteiger partial charge >= 0.3 is 0 Å². The van der Waals surface area contributed by atoms with E-state index in [0.717, 1.165) is 24.7 Å². The number of aliphatic hydroxyl groups excluding tert-OH is 2. The molecule has 128 valence electrons. The van der Waals surface area contributed by atoms with E-state index in [4.69, 9.17) is 22.1 Å². The topological polar surface area (TPSA) is 96.6 Å². The van der Waals surface area contributed by atoms with Gasteiger partial charge < -0.3 is 20.4 Å². The first-order valence-corrected chi connectivity index (χ1v) is 7.91. The van der Waals surface area contributed by atoms with Crippen LogP contribution in [0.4, 0.5) is 5.69 Å². The summed E-state index contributed by atoms with van der Waals surface area (Å²) in [7, 11) is 0. The second kappa shape index (κ2) is 7.99. The molecule has 0 radical (unpaired) electrons. The smallest absolute Gasteiger partial charge is 0.248 e. The Hall–Kier alpha value is -2.31. The molecule has 2 rings (SSSR count). The maximum absolute atomic E-state index is 12.4. The minimum absolute atomic E-state index is 0.0812. The third-order valence-corrected chi connectivity index (χ3v) is 4.06. The Morgan fingerprint density at radius 1 is 1.46 bits per heavy atom. The number of amidine groups is 1. The van der Waals surface area contributed by atoms with Crippen LogP contribution in [-0.2, 0) is 4.79 Å². The normalized spacial score (nSPS) is 17.7. The molecule has 1 amide bonds. The number of hydrogen-bond acceptors (Lipinski definition) is 5. The van der Waals surface area contributed by atoms with E-state index in [2.05, 4.69) is 11.9 Å². The molecule has 0 bridgehead atoms. The summed E-state index contributed by atoms with van der Waals surface area (Å²) < 4.78 is 0. The average Bonchev–Trinajstić information content (AvgIpc) is 3.04. The predicted molar refractivity (Wildman–Crippen MR) is 94.6 cm³/mol. The summed E-state index contributed by atoms with van der Waals surface area (Å²) in [6, 6.07) is 6.87. The van der Waals surface area contributed by atoms with Gasteiger partial charge in [0.25, 0.3) is 0 Å². The molecule has 0 spiro atoms. The lowest BCUT2D eigenvalue weighted by molar-refractivity contribution is -0.120. The van der Waals surface area contributed by atoms with Crippen molar-refractivity contribution in [2.75, 3.05) is 18.1 Å². The molecule has 1 atom stereocenters. The summed E-state index contributed by atoms with van der Waals surface area (Å²) in [4.78, 5) is 14.4. The lowest BCUT2D eigenvalue weighted by Gasteiger charge is -2.25. The van der Waals surface area contributed by atoms with E-state index >= 15 is 0 Å². The maximum atomic E-state index is 12.4. The van der Waals surface area contributed by atoms with Gasteiger partial charge in [0.1, 0.15) is 17.6 Å². The molecule has 1 fully saturated rings. The van der Waals surface area contributed by atoms with Gasteiger partial charge in [0.05, 0.1) is 6.61 Å². The molecule has 1 aliphatic heterocycles. The fourth-order valence-corrected chi connectivity index (χ4v) is 2.68. The van der Waals surface area contributed by atoms with Gasteiger partial charge in [0, 0.05) is 28.9 Å². The molecule has 6 nitrogen and oxygen atoms in total. The number of nitrogens with zero attached hydrogens (tertiary/aromatic N) is 1. The Labute approximate surface area is 145 Å². The van der Waals surface area contributed by atoms with Gasteiger partial charge in [-0.15, -0.1) is 0 Å². The molecule has 1 aliphatic rings. The fourth-order valence-electron chi connectivity index (χ4n) is 2.55. The minimum atomic E-state index is -0.420. The number of nitrogens with one attached hydrogen (secondary N) is 2. The van der Waals surface area contributed by atoms with Gasteiger partial charge in [-0.1, -0.05) is 18.2 Å². The van der Waals surface area contributed by atoms with Crippen LogP contribution in [-0.4, -0.2) is 41.1 Å². The highest BCUT2D eigenvalue weighted by Crippen LogP contribution is 2.26. The zero-order valence-corrected chi connectivity index (χ0v) is 13.9. The molecular weight excluding hydrogens is 330 g/mol. The number of anilines is 1. The molecule has 0 unspecified atom stereocenters. The first-order valence-electron chi connectivity index (χ1n) is 7.53. The van der Waals surface area contributed by atoms with Crippen molar-refractivity contribution in [3.8, 4) is 0 Å². The van der Waals surface area contributed by atoms with Gasteiger partial charge in [-0.2, -0.15) is 0 Å².